The highest BCUT2D eigenvalue weighted by atomic mass is 16.5. The lowest BCUT2D eigenvalue weighted by Gasteiger charge is -2.01. The Bertz CT molecular complexity index is 601. The van der Waals surface area contributed by atoms with Crippen LogP contribution in [0, 0.1) is 6.92 Å². The highest BCUT2D eigenvalue weighted by Gasteiger charge is 2.10. The maximum atomic E-state index is 11.8. The van der Waals surface area contributed by atoms with Gasteiger partial charge >= 0.3 is 5.97 Å². The molecule has 0 bridgehead atoms. The molecule has 2 aromatic rings. The quantitative estimate of drug-likeness (QED) is 0.826. The molecular formula is C13H14N2O3. The maximum absolute atomic E-state index is 11.8. The number of carbonyl (C=O) groups excluding carboxylic acids is 2. The third kappa shape index (κ3) is 2.34. The number of fused-ring (bicyclic) bond motifs is 1. The van der Waals surface area contributed by atoms with Gasteiger partial charge in [-0.2, -0.15) is 0 Å². The Balaban J connectivity index is 2.18. The fourth-order valence-electron chi connectivity index (χ4n) is 1.73. The summed E-state index contributed by atoms with van der Waals surface area (Å²) >= 11 is 0. The van der Waals surface area contributed by atoms with Crippen LogP contribution in [0.25, 0.3) is 5.52 Å². The van der Waals surface area contributed by atoms with Gasteiger partial charge in [0.25, 0.3) is 5.91 Å². The lowest BCUT2D eigenvalue weighted by Crippen LogP contribution is -2.29. The summed E-state index contributed by atoms with van der Waals surface area (Å²) < 4.78 is 6.38. The highest BCUT2D eigenvalue weighted by molar-refractivity contribution is 5.97. The van der Waals surface area contributed by atoms with E-state index in [-0.39, 0.29) is 12.5 Å². The molecule has 94 valence electrons. The SMILES string of the molecule is COC(=O)CNC(=O)c1cc2cccc(C)n2c1. The van der Waals surface area contributed by atoms with Crippen molar-refractivity contribution in [3.05, 3.63) is 41.7 Å². The van der Waals surface area contributed by atoms with E-state index in [9.17, 15) is 9.59 Å². The van der Waals surface area contributed by atoms with E-state index < -0.39 is 5.97 Å². The van der Waals surface area contributed by atoms with Crippen LogP contribution in [0.4, 0.5) is 0 Å². The minimum absolute atomic E-state index is 0.124. The first kappa shape index (κ1) is 12.2. The largest absolute Gasteiger partial charge is 0.468 e. The molecule has 5 nitrogen and oxygen atoms in total. The molecule has 0 aliphatic carbocycles. The zero-order valence-corrected chi connectivity index (χ0v) is 10.3. The minimum atomic E-state index is -0.469. The van der Waals surface area contributed by atoms with Gasteiger partial charge in [0.15, 0.2) is 0 Å². The molecule has 2 aromatic heterocycles. The maximum Gasteiger partial charge on any atom is 0.325 e. The molecule has 0 aliphatic heterocycles. The van der Waals surface area contributed by atoms with Gasteiger partial charge in [0.2, 0.25) is 0 Å². The van der Waals surface area contributed by atoms with Gasteiger partial charge in [0.1, 0.15) is 6.54 Å². The number of amides is 1. The Morgan fingerprint density at radius 1 is 1.39 bits per heavy atom. The number of pyridine rings is 1. The summed E-state index contributed by atoms with van der Waals surface area (Å²) in [6.07, 6.45) is 1.75. The van der Waals surface area contributed by atoms with Gasteiger partial charge < -0.3 is 14.5 Å². The molecule has 0 unspecified atom stereocenters. The van der Waals surface area contributed by atoms with Crippen molar-refractivity contribution in [1.29, 1.82) is 0 Å². The number of rotatable bonds is 3. The van der Waals surface area contributed by atoms with Crippen molar-refractivity contribution < 1.29 is 14.3 Å². The Hall–Kier alpha value is -2.30. The molecule has 0 spiro atoms. The number of aryl methyl sites for hydroxylation is 1. The molecule has 0 fully saturated rings. The Morgan fingerprint density at radius 2 is 2.17 bits per heavy atom. The van der Waals surface area contributed by atoms with E-state index in [1.807, 2.05) is 29.5 Å². The molecule has 0 aromatic carbocycles. The summed E-state index contributed by atoms with van der Waals surface area (Å²) in [4.78, 5) is 22.7. The van der Waals surface area contributed by atoms with Crippen molar-refractivity contribution in [3.63, 3.8) is 0 Å². The molecule has 0 saturated carbocycles. The minimum Gasteiger partial charge on any atom is -0.468 e. The third-order valence-electron chi connectivity index (χ3n) is 2.72. The van der Waals surface area contributed by atoms with Crippen molar-refractivity contribution in [2.45, 2.75) is 6.92 Å². The van der Waals surface area contributed by atoms with E-state index in [0.29, 0.717) is 5.56 Å². The average molecular weight is 246 g/mol. The summed E-state index contributed by atoms with van der Waals surface area (Å²) in [6, 6.07) is 7.59. The third-order valence-corrected chi connectivity index (χ3v) is 2.72. The van der Waals surface area contributed by atoms with Gasteiger partial charge in [0.05, 0.1) is 12.7 Å². The van der Waals surface area contributed by atoms with Gasteiger partial charge in [-0.1, -0.05) is 6.07 Å². The summed E-state index contributed by atoms with van der Waals surface area (Å²) in [5, 5.41) is 2.50. The first-order valence-corrected chi connectivity index (χ1v) is 5.54. The second-order valence-corrected chi connectivity index (χ2v) is 3.95. The fourth-order valence-corrected chi connectivity index (χ4v) is 1.73. The molecule has 1 amide bonds. The van der Waals surface area contributed by atoms with Crippen molar-refractivity contribution >= 4 is 17.4 Å². The zero-order valence-electron chi connectivity index (χ0n) is 10.3. The number of carbonyl (C=O) groups is 2. The number of nitrogens with zero attached hydrogens (tertiary/aromatic N) is 1. The molecule has 0 aliphatic rings. The number of nitrogens with one attached hydrogen (secondary N) is 1. The summed E-state index contributed by atoms with van der Waals surface area (Å²) in [6.45, 7) is 1.84. The van der Waals surface area contributed by atoms with E-state index in [4.69, 9.17) is 0 Å². The van der Waals surface area contributed by atoms with Crippen LogP contribution >= 0.6 is 0 Å². The first-order valence-electron chi connectivity index (χ1n) is 5.54. The second kappa shape index (κ2) is 4.91. The molecular weight excluding hydrogens is 232 g/mol. The van der Waals surface area contributed by atoms with Crippen LogP contribution in [0.3, 0.4) is 0 Å². The van der Waals surface area contributed by atoms with Crippen LogP contribution in [0.2, 0.25) is 0 Å². The average Bonchev–Trinajstić information content (AvgIpc) is 2.81. The molecule has 0 radical (unpaired) electrons. The number of ether oxygens (including phenoxy) is 1. The van der Waals surface area contributed by atoms with Crippen molar-refractivity contribution in [3.8, 4) is 0 Å². The van der Waals surface area contributed by atoms with Gasteiger partial charge in [-0.25, -0.2) is 0 Å². The summed E-state index contributed by atoms with van der Waals surface area (Å²) in [5.74, 6) is -0.758. The van der Waals surface area contributed by atoms with E-state index in [1.165, 1.54) is 7.11 Å². The van der Waals surface area contributed by atoms with Crippen LogP contribution in [-0.4, -0.2) is 29.9 Å². The molecule has 2 heterocycles. The van der Waals surface area contributed by atoms with Crippen molar-refractivity contribution in [2.24, 2.45) is 0 Å². The van der Waals surface area contributed by atoms with E-state index >= 15 is 0 Å². The van der Waals surface area contributed by atoms with Gasteiger partial charge in [-0.3, -0.25) is 9.59 Å². The predicted octanol–water partition coefficient (Wildman–Crippen LogP) is 1.15. The lowest BCUT2D eigenvalue weighted by molar-refractivity contribution is -0.139. The molecule has 0 atom stereocenters. The van der Waals surface area contributed by atoms with Gasteiger partial charge in [0, 0.05) is 17.4 Å². The number of aromatic nitrogens is 1. The van der Waals surface area contributed by atoms with Crippen LogP contribution < -0.4 is 5.32 Å². The highest BCUT2D eigenvalue weighted by Crippen LogP contribution is 2.12. The standard InChI is InChI=1S/C13H14N2O3/c1-9-4-3-5-11-6-10(8-15(9)11)13(17)14-7-12(16)18-2/h3-6,8H,7H2,1-2H3,(H,14,17). The number of esters is 1. The van der Waals surface area contributed by atoms with E-state index in [1.54, 1.807) is 12.3 Å². The topological polar surface area (TPSA) is 59.8 Å². The smallest absolute Gasteiger partial charge is 0.325 e. The Labute approximate surface area is 104 Å². The second-order valence-electron chi connectivity index (χ2n) is 3.95. The van der Waals surface area contributed by atoms with Crippen LogP contribution in [0.15, 0.2) is 30.5 Å². The Kier molecular flexibility index (Phi) is 3.32. The Morgan fingerprint density at radius 3 is 2.83 bits per heavy atom. The zero-order chi connectivity index (χ0) is 13.1. The molecule has 0 saturated heterocycles. The molecule has 5 heteroatoms. The van der Waals surface area contributed by atoms with Crippen molar-refractivity contribution in [2.75, 3.05) is 13.7 Å². The fraction of sp³-hybridized carbons (Fsp3) is 0.231. The lowest BCUT2D eigenvalue weighted by atomic mass is 10.3. The first-order chi connectivity index (χ1) is 8.61. The monoisotopic (exact) mass is 246 g/mol. The molecule has 1 N–H and O–H groups in total. The molecule has 18 heavy (non-hydrogen) atoms. The van der Waals surface area contributed by atoms with Crippen LogP contribution in [-0.2, 0) is 9.53 Å². The van der Waals surface area contributed by atoms with E-state index in [0.717, 1.165) is 11.2 Å². The van der Waals surface area contributed by atoms with Crippen LogP contribution in [0.1, 0.15) is 16.1 Å². The van der Waals surface area contributed by atoms with Crippen LogP contribution in [0.5, 0.6) is 0 Å². The number of hydrogen-bond donors (Lipinski definition) is 1. The normalized spacial score (nSPS) is 10.3. The number of hydrogen-bond acceptors (Lipinski definition) is 3. The number of methoxy groups -OCH3 is 1. The van der Waals surface area contributed by atoms with Crippen molar-refractivity contribution in [1.82, 2.24) is 9.72 Å². The van der Waals surface area contributed by atoms with Gasteiger partial charge in [-0.15, -0.1) is 0 Å². The van der Waals surface area contributed by atoms with E-state index in [2.05, 4.69) is 10.1 Å². The summed E-state index contributed by atoms with van der Waals surface area (Å²) in [5.41, 5.74) is 2.51. The summed E-state index contributed by atoms with van der Waals surface area (Å²) in [7, 11) is 1.28. The van der Waals surface area contributed by atoms with Gasteiger partial charge in [-0.05, 0) is 25.1 Å². The molecule has 2 rings (SSSR count). The predicted molar refractivity (Wildman–Crippen MR) is 66.5 cm³/mol.